The van der Waals surface area contributed by atoms with Gasteiger partial charge in [-0.25, -0.2) is 0 Å². The van der Waals surface area contributed by atoms with Crippen LogP contribution in [-0.4, -0.2) is 11.3 Å². The van der Waals surface area contributed by atoms with Crippen LogP contribution in [0.3, 0.4) is 0 Å². The number of benzene rings is 1. The summed E-state index contributed by atoms with van der Waals surface area (Å²) in [6, 6.07) is 6.94. The summed E-state index contributed by atoms with van der Waals surface area (Å²) >= 11 is 1.85. The molecule has 0 aliphatic carbocycles. The van der Waals surface area contributed by atoms with Crippen molar-refractivity contribution >= 4 is 17.4 Å². The van der Waals surface area contributed by atoms with E-state index in [0.717, 1.165) is 0 Å². The third-order valence-electron chi connectivity index (χ3n) is 3.05. The first kappa shape index (κ1) is 11.3. The number of aryl methyl sites for hydroxylation is 2. The molecule has 0 aromatic heterocycles. The second kappa shape index (κ2) is 4.39. The van der Waals surface area contributed by atoms with Crippen molar-refractivity contribution in [2.45, 2.75) is 43.4 Å². The summed E-state index contributed by atoms with van der Waals surface area (Å²) in [6.07, 6.45) is 0.603. The lowest BCUT2D eigenvalue weighted by Crippen LogP contribution is -2.32. The van der Waals surface area contributed by atoms with Crippen molar-refractivity contribution in [3.8, 4) is 6.07 Å². The lowest BCUT2D eigenvalue weighted by atomic mass is 10.1. The van der Waals surface area contributed by atoms with Crippen LogP contribution >= 0.6 is 11.8 Å². The van der Waals surface area contributed by atoms with Crippen molar-refractivity contribution in [3.63, 3.8) is 0 Å². The zero-order chi connectivity index (χ0) is 11.7. The third kappa shape index (κ3) is 1.90. The summed E-state index contributed by atoms with van der Waals surface area (Å²) in [5.41, 5.74) is 3.84. The predicted molar refractivity (Wildman–Crippen MR) is 68.9 cm³/mol. The highest BCUT2D eigenvalue weighted by molar-refractivity contribution is 8.00. The number of rotatable bonds is 1. The van der Waals surface area contributed by atoms with Crippen LogP contribution in [0.4, 0.5) is 5.69 Å². The molecule has 1 N–H and O–H groups in total. The van der Waals surface area contributed by atoms with Crippen molar-refractivity contribution in [1.82, 2.24) is 0 Å². The standard InChI is InChI=1S/C13H16N2S/c1-8-4-5-9(2)13-12(8)15-10(3)11(16-13)6-7-14/h4-5,10-11,15H,6H2,1-3H3. The number of hydrogen-bond acceptors (Lipinski definition) is 3. The topological polar surface area (TPSA) is 35.8 Å². The van der Waals surface area contributed by atoms with Gasteiger partial charge in [0.15, 0.2) is 0 Å². The molecular weight excluding hydrogens is 216 g/mol. The summed E-state index contributed by atoms with van der Waals surface area (Å²) in [5, 5.41) is 12.7. The zero-order valence-electron chi connectivity index (χ0n) is 9.87. The van der Waals surface area contributed by atoms with Gasteiger partial charge in [-0.05, 0) is 31.9 Å². The Morgan fingerprint density at radius 2 is 2.06 bits per heavy atom. The lowest BCUT2D eigenvalue weighted by Gasteiger charge is -2.32. The molecule has 0 bridgehead atoms. The Balaban J connectivity index is 2.39. The van der Waals surface area contributed by atoms with Crippen molar-refractivity contribution in [2.24, 2.45) is 0 Å². The highest BCUT2D eigenvalue weighted by atomic mass is 32.2. The summed E-state index contributed by atoms with van der Waals surface area (Å²) < 4.78 is 0. The second-order valence-corrected chi connectivity index (χ2v) is 5.60. The molecule has 2 atom stereocenters. The maximum absolute atomic E-state index is 8.82. The van der Waals surface area contributed by atoms with Crippen LogP contribution in [0.5, 0.6) is 0 Å². The minimum Gasteiger partial charge on any atom is -0.380 e. The molecule has 84 valence electrons. The fourth-order valence-electron chi connectivity index (χ4n) is 2.00. The largest absolute Gasteiger partial charge is 0.380 e. The van der Waals surface area contributed by atoms with Gasteiger partial charge in [-0.3, -0.25) is 0 Å². The monoisotopic (exact) mass is 232 g/mol. The molecule has 2 rings (SSSR count). The van der Waals surface area contributed by atoms with E-state index >= 15 is 0 Å². The van der Waals surface area contributed by atoms with Crippen molar-refractivity contribution in [1.29, 1.82) is 5.26 Å². The minimum absolute atomic E-state index is 0.359. The molecule has 0 spiro atoms. The van der Waals surface area contributed by atoms with Gasteiger partial charge in [-0.1, -0.05) is 12.1 Å². The van der Waals surface area contributed by atoms with Gasteiger partial charge in [0, 0.05) is 22.6 Å². The van der Waals surface area contributed by atoms with Crippen LogP contribution in [0.2, 0.25) is 0 Å². The maximum atomic E-state index is 8.82. The Morgan fingerprint density at radius 3 is 2.75 bits per heavy atom. The van der Waals surface area contributed by atoms with E-state index < -0.39 is 0 Å². The minimum atomic E-state index is 0.359. The highest BCUT2D eigenvalue weighted by Crippen LogP contribution is 2.42. The molecule has 1 heterocycles. The summed E-state index contributed by atoms with van der Waals surface area (Å²) in [6.45, 7) is 6.41. The summed E-state index contributed by atoms with van der Waals surface area (Å²) in [4.78, 5) is 1.32. The number of fused-ring (bicyclic) bond motifs is 1. The van der Waals surface area contributed by atoms with Gasteiger partial charge in [0.2, 0.25) is 0 Å². The maximum Gasteiger partial charge on any atom is 0.0634 e. The van der Waals surface area contributed by atoms with E-state index in [-0.39, 0.29) is 0 Å². The fourth-order valence-corrected chi connectivity index (χ4v) is 3.32. The smallest absolute Gasteiger partial charge is 0.0634 e. The quantitative estimate of drug-likeness (QED) is 0.805. The first-order valence-electron chi connectivity index (χ1n) is 5.54. The number of nitrogens with zero attached hydrogens (tertiary/aromatic N) is 1. The number of nitriles is 1. The molecule has 1 aromatic rings. The van der Waals surface area contributed by atoms with E-state index in [4.69, 9.17) is 5.26 Å². The Bertz CT molecular complexity index is 448. The fraction of sp³-hybridized carbons (Fsp3) is 0.462. The zero-order valence-corrected chi connectivity index (χ0v) is 10.7. The molecule has 16 heavy (non-hydrogen) atoms. The van der Waals surface area contributed by atoms with Crippen LogP contribution in [0.1, 0.15) is 24.5 Å². The molecule has 0 radical (unpaired) electrons. The summed E-state index contributed by atoms with van der Waals surface area (Å²) in [5.74, 6) is 0. The number of thioether (sulfide) groups is 1. The van der Waals surface area contributed by atoms with Crippen LogP contribution < -0.4 is 5.32 Å². The molecule has 0 saturated heterocycles. The Morgan fingerprint density at radius 1 is 1.38 bits per heavy atom. The first-order chi connectivity index (χ1) is 7.63. The van der Waals surface area contributed by atoms with Gasteiger partial charge in [-0.2, -0.15) is 5.26 Å². The predicted octanol–water partition coefficient (Wildman–Crippen LogP) is 3.49. The lowest BCUT2D eigenvalue weighted by molar-refractivity contribution is 0.727. The van der Waals surface area contributed by atoms with Crippen LogP contribution in [-0.2, 0) is 0 Å². The normalized spacial score (nSPS) is 23.1. The van der Waals surface area contributed by atoms with Crippen LogP contribution in [0, 0.1) is 25.2 Å². The Hall–Kier alpha value is -1.14. The van der Waals surface area contributed by atoms with Crippen molar-refractivity contribution < 1.29 is 0 Å². The molecule has 3 heteroatoms. The number of hydrogen-bond donors (Lipinski definition) is 1. The average Bonchev–Trinajstić information content (AvgIpc) is 2.26. The molecular formula is C13H16N2S. The molecule has 0 saturated carbocycles. The van der Waals surface area contributed by atoms with Crippen LogP contribution in [0.25, 0.3) is 0 Å². The highest BCUT2D eigenvalue weighted by Gasteiger charge is 2.27. The van der Waals surface area contributed by atoms with E-state index in [1.165, 1.54) is 21.7 Å². The molecule has 2 nitrogen and oxygen atoms in total. The van der Waals surface area contributed by atoms with E-state index in [2.05, 4.69) is 44.3 Å². The number of nitrogens with one attached hydrogen (secondary N) is 1. The Kier molecular flexibility index (Phi) is 3.11. The molecule has 1 aliphatic heterocycles. The van der Waals surface area contributed by atoms with E-state index in [1.54, 1.807) is 0 Å². The SMILES string of the molecule is Cc1ccc(C)c2c1NC(C)C(CC#N)S2. The molecule has 0 fully saturated rings. The van der Waals surface area contributed by atoms with Gasteiger partial charge < -0.3 is 5.32 Å². The van der Waals surface area contributed by atoms with Gasteiger partial charge >= 0.3 is 0 Å². The van der Waals surface area contributed by atoms with E-state index in [9.17, 15) is 0 Å². The second-order valence-electron chi connectivity index (χ2n) is 4.36. The molecule has 2 unspecified atom stereocenters. The van der Waals surface area contributed by atoms with Crippen molar-refractivity contribution in [2.75, 3.05) is 5.32 Å². The third-order valence-corrected chi connectivity index (χ3v) is 4.69. The van der Waals surface area contributed by atoms with Gasteiger partial charge in [-0.15, -0.1) is 11.8 Å². The van der Waals surface area contributed by atoms with Gasteiger partial charge in [0.05, 0.1) is 11.8 Å². The van der Waals surface area contributed by atoms with Gasteiger partial charge in [0.25, 0.3) is 0 Å². The van der Waals surface area contributed by atoms with Crippen LogP contribution in [0.15, 0.2) is 17.0 Å². The van der Waals surface area contributed by atoms with E-state index in [0.29, 0.717) is 17.7 Å². The average molecular weight is 232 g/mol. The van der Waals surface area contributed by atoms with Crippen molar-refractivity contribution in [3.05, 3.63) is 23.3 Å². The Labute approximate surface area is 101 Å². The van der Waals surface area contributed by atoms with Gasteiger partial charge in [0.1, 0.15) is 0 Å². The molecule has 1 aliphatic rings. The molecule has 1 aromatic carbocycles. The first-order valence-corrected chi connectivity index (χ1v) is 6.41. The van der Waals surface area contributed by atoms with E-state index in [1.807, 2.05) is 11.8 Å². The summed E-state index contributed by atoms with van der Waals surface area (Å²) in [7, 11) is 0. The number of anilines is 1. The molecule has 0 amide bonds.